The van der Waals surface area contributed by atoms with E-state index in [2.05, 4.69) is 5.32 Å². The Morgan fingerprint density at radius 2 is 2.18 bits per heavy atom. The zero-order chi connectivity index (χ0) is 16.1. The van der Waals surface area contributed by atoms with Crippen LogP contribution in [0.2, 0.25) is 0 Å². The van der Waals surface area contributed by atoms with Gasteiger partial charge in [0.25, 0.3) is 0 Å². The van der Waals surface area contributed by atoms with Crippen LogP contribution in [0.1, 0.15) is 19.4 Å². The number of nitrogens with one attached hydrogen (secondary N) is 1. The fourth-order valence-corrected chi connectivity index (χ4v) is 5.24. The monoisotopic (exact) mass is 340 g/mol. The van der Waals surface area contributed by atoms with Crippen molar-refractivity contribution in [3.8, 4) is 0 Å². The first-order chi connectivity index (χ1) is 10.3. The molecular formula is C14H16N2O4S2. The van der Waals surface area contributed by atoms with Gasteiger partial charge in [-0.1, -0.05) is 0 Å². The van der Waals surface area contributed by atoms with E-state index < -0.39 is 22.8 Å². The predicted molar refractivity (Wildman–Crippen MR) is 83.7 cm³/mol. The van der Waals surface area contributed by atoms with Gasteiger partial charge in [-0.15, -0.1) is 11.8 Å². The number of nitrogens with zero attached hydrogens (tertiary/aromatic N) is 1. The van der Waals surface area contributed by atoms with Crippen molar-refractivity contribution in [3.05, 3.63) is 22.4 Å². The van der Waals surface area contributed by atoms with Crippen LogP contribution in [-0.2, 0) is 20.8 Å². The summed E-state index contributed by atoms with van der Waals surface area (Å²) in [5.41, 5.74) is 0.911. The van der Waals surface area contributed by atoms with E-state index in [9.17, 15) is 19.5 Å². The van der Waals surface area contributed by atoms with Crippen LogP contribution >= 0.6 is 23.1 Å². The average molecular weight is 340 g/mol. The number of hydrogen-bond donors (Lipinski definition) is 2. The molecule has 0 radical (unpaired) electrons. The Labute approximate surface area is 135 Å². The first-order valence-corrected chi connectivity index (χ1v) is 8.67. The van der Waals surface area contributed by atoms with Gasteiger partial charge < -0.3 is 15.3 Å². The minimum absolute atomic E-state index is 0.214. The van der Waals surface area contributed by atoms with Gasteiger partial charge in [0.2, 0.25) is 11.8 Å². The van der Waals surface area contributed by atoms with Gasteiger partial charge in [-0.2, -0.15) is 11.3 Å². The quantitative estimate of drug-likeness (QED) is 0.796. The average Bonchev–Trinajstić information content (AvgIpc) is 3.00. The molecule has 0 aliphatic carbocycles. The molecule has 3 rings (SSSR count). The largest absolute Gasteiger partial charge is 0.480 e. The number of thioether (sulfide) groups is 1. The van der Waals surface area contributed by atoms with Gasteiger partial charge in [0, 0.05) is 4.75 Å². The Morgan fingerprint density at radius 1 is 1.45 bits per heavy atom. The number of hydrogen-bond acceptors (Lipinski definition) is 5. The van der Waals surface area contributed by atoms with Crippen molar-refractivity contribution < 1.29 is 19.5 Å². The number of carboxylic acid groups (broad SMARTS) is 1. The molecule has 2 aliphatic rings. The van der Waals surface area contributed by atoms with Crippen LogP contribution in [0, 0.1) is 0 Å². The highest BCUT2D eigenvalue weighted by molar-refractivity contribution is 8.01. The maximum Gasteiger partial charge on any atom is 0.327 e. The molecule has 0 unspecified atom stereocenters. The fourth-order valence-electron chi connectivity index (χ4n) is 2.95. The topological polar surface area (TPSA) is 86.7 Å². The maximum absolute atomic E-state index is 12.2. The highest BCUT2D eigenvalue weighted by Gasteiger charge is 2.64. The second-order valence-corrected chi connectivity index (χ2v) is 8.50. The van der Waals surface area contributed by atoms with Crippen molar-refractivity contribution in [2.45, 2.75) is 42.5 Å². The smallest absolute Gasteiger partial charge is 0.327 e. The molecule has 0 saturated carbocycles. The Balaban J connectivity index is 1.67. The molecule has 1 aromatic heterocycles. The Kier molecular flexibility index (Phi) is 3.68. The number of amides is 2. The van der Waals surface area contributed by atoms with Gasteiger partial charge in [-0.25, -0.2) is 4.79 Å². The third kappa shape index (κ3) is 2.40. The lowest BCUT2D eigenvalue weighted by molar-refractivity contribution is -0.161. The lowest BCUT2D eigenvalue weighted by Crippen LogP contribution is -2.70. The molecule has 2 amide bonds. The summed E-state index contributed by atoms with van der Waals surface area (Å²) in [5.74, 6) is -1.53. The summed E-state index contributed by atoms with van der Waals surface area (Å²) in [6.07, 6.45) is 0.233. The van der Waals surface area contributed by atoms with Crippen molar-refractivity contribution in [2.75, 3.05) is 0 Å². The van der Waals surface area contributed by atoms with Crippen LogP contribution in [0.25, 0.3) is 0 Å². The summed E-state index contributed by atoms with van der Waals surface area (Å²) < 4.78 is -0.570. The minimum Gasteiger partial charge on any atom is -0.480 e. The number of β-lactam (4-membered cyclic amide) rings is 1. The molecule has 2 aliphatic heterocycles. The van der Waals surface area contributed by atoms with Crippen molar-refractivity contribution in [3.63, 3.8) is 0 Å². The Hall–Kier alpha value is -1.54. The molecule has 8 heteroatoms. The van der Waals surface area contributed by atoms with Crippen molar-refractivity contribution in [1.82, 2.24) is 10.2 Å². The van der Waals surface area contributed by atoms with Crippen LogP contribution in [0.3, 0.4) is 0 Å². The lowest BCUT2D eigenvalue weighted by atomic mass is 9.96. The Bertz CT molecular complexity index is 629. The van der Waals surface area contributed by atoms with Crippen LogP contribution in [0.15, 0.2) is 16.8 Å². The molecule has 2 saturated heterocycles. The van der Waals surface area contributed by atoms with E-state index in [1.807, 2.05) is 30.7 Å². The fraction of sp³-hybridized carbons (Fsp3) is 0.500. The molecule has 22 heavy (non-hydrogen) atoms. The standard InChI is InChI=1S/C14H16N2O4S2/c1-14(2)10(13(19)20)16-11(18)9(12(16)22-14)15-8(17)5-7-3-4-21-6-7/h3-4,6,9-10,12H,5H2,1-2H3,(H,15,17)(H,19,20)/t9-,10+,12+/m0/s1. The third-order valence-electron chi connectivity index (χ3n) is 3.94. The molecule has 3 heterocycles. The second kappa shape index (κ2) is 5.27. The Morgan fingerprint density at radius 3 is 2.77 bits per heavy atom. The molecule has 6 nitrogen and oxygen atoms in total. The highest BCUT2D eigenvalue weighted by Crippen LogP contribution is 2.50. The zero-order valence-electron chi connectivity index (χ0n) is 12.1. The van der Waals surface area contributed by atoms with Gasteiger partial charge in [0.05, 0.1) is 6.42 Å². The number of carbonyl (C=O) groups is 3. The van der Waals surface area contributed by atoms with Gasteiger partial charge in [-0.05, 0) is 36.2 Å². The van der Waals surface area contributed by atoms with Crippen LogP contribution in [0.5, 0.6) is 0 Å². The molecule has 2 N–H and O–H groups in total. The zero-order valence-corrected chi connectivity index (χ0v) is 13.7. The number of carbonyl (C=O) groups excluding carboxylic acids is 2. The number of fused-ring (bicyclic) bond motifs is 1. The summed E-state index contributed by atoms with van der Waals surface area (Å²) >= 11 is 2.94. The van der Waals surface area contributed by atoms with Crippen molar-refractivity contribution >= 4 is 40.9 Å². The van der Waals surface area contributed by atoms with Crippen LogP contribution < -0.4 is 5.32 Å². The lowest BCUT2D eigenvalue weighted by Gasteiger charge is -2.43. The summed E-state index contributed by atoms with van der Waals surface area (Å²) in [7, 11) is 0. The van der Waals surface area contributed by atoms with Gasteiger partial charge in [0.15, 0.2) is 0 Å². The van der Waals surface area contributed by atoms with E-state index in [-0.39, 0.29) is 23.6 Å². The third-order valence-corrected chi connectivity index (χ3v) is 6.24. The van der Waals surface area contributed by atoms with Crippen LogP contribution in [-0.4, -0.2) is 50.0 Å². The first kappa shape index (κ1) is 15.4. The molecule has 0 aromatic carbocycles. The van der Waals surface area contributed by atoms with Crippen molar-refractivity contribution in [1.29, 1.82) is 0 Å². The van der Waals surface area contributed by atoms with Gasteiger partial charge in [0.1, 0.15) is 17.5 Å². The van der Waals surface area contributed by atoms with Crippen molar-refractivity contribution in [2.24, 2.45) is 0 Å². The van der Waals surface area contributed by atoms with E-state index in [0.717, 1.165) is 5.56 Å². The molecule has 0 spiro atoms. The summed E-state index contributed by atoms with van der Waals surface area (Å²) in [6.45, 7) is 3.62. The SMILES string of the molecule is CC1(C)S[C@@H]2[C@@H](NC(=O)Cc3ccsc3)C(=O)N2[C@@H]1C(=O)O. The molecule has 1 aromatic rings. The molecule has 118 valence electrons. The van der Waals surface area contributed by atoms with E-state index in [0.29, 0.717) is 0 Å². The second-order valence-electron chi connectivity index (χ2n) is 5.95. The maximum atomic E-state index is 12.2. The number of thiophene rings is 1. The summed E-state index contributed by atoms with van der Waals surface area (Å²) in [6, 6.07) is 0.396. The van der Waals surface area contributed by atoms with E-state index in [1.165, 1.54) is 28.0 Å². The molecule has 3 atom stereocenters. The van der Waals surface area contributed by atoms with Gasteiger partial charge in [-0.3, -0.25) is 9.59 Å². The number of aliphatic carboxylic acids is 1. The highest BCUT2D eigenvalue weighted by atomic mass is 32.2. The van der Waals surface area contributed by atoms with Gasteiger partial charge >= 0.3 is 5.97 Å². The first-order valence-electron chi connectivity index (χ1n) is 6.84. The predicted octanol–water partition coefficient (Wildman–Crippen LogP) is 0.922. The van der Waals surface area contributed by atoms with E-state index >= 15 is 0 Å². The minimum atomic E-state index is -1.00. The van der Waals surface area contributed by atoms with E-state index in [4.69, 9.17) is 0 Å². The molecule has 2 fully saturated rings. The summed E-state index contributed by atoms with van der Waals surface area (Å²) in [4.78, 5) is 37.0. The molecular weight excluding hydrogens is 324 g/mol. The normalized spacial score (nSPS) is 28.9. The van der Waals surface area contributed by atoms with Crippen LogP contribution in [0.4, 0.5) is 0 Å². The number of carboxylic acids is 1. The number of rotatable bonds is 4. The van der Waals surface area contributed by atoms with E-state index in [1.54, 1.807) is 0 Å². The molecule has 0 bridgehead atoms. The summed E-state index contributed by atoms with van der Waals surface area (Å²) in [5, 5.41) is 15.6.